The van der Waals surface area contributed by atoms with Gasteiger partial charge in [-0.05, 0) is 43.1 Å². The minimum Gasteiger partial charge on any atom is -0.406 e. The van der Waals surface area contributed by atoms with E-state index in [0.717, 1.165) is 25.2 Å². The van der Waals surface area contributed by atoms with E-state index < -0.39 is 6.36 Å². The third-order valence-corrected chi connectivity index (χ3v) is 3.05. The highest BCUT2D eigenvalue weighted by Crippen LogP contribution is 2.27. The van der Waals surface area contributed by atoms with E-state index in [1.165, 1.54) is 12.1 Å². The first-order valence-electron chi connectivity index (χ1n) is 5.79. The number of ether oxygens (including phenoxy) is 1. The highest BCUT2D eigenvalue weighted by Gasteiger charge is 2.31. The molecule has 6 heteroatoms. The minimum atomic E-state index is -4.64. The summed E-state index contributed by atoms with van der Waals surface area (Å²) in [6.07, 6.45) is -3.61. The fourth-order valence-electron chi connectivity index (χ4n) is 2.12. The normalized spacial score (nSPS) is 20.2. The van der Waals surface area contributed by atoms with Crippen LogP contribution in [-0.2, 0) is 0 Å². The molecule has 0 aromatic heterocycles. The van der Waals surface area contributed by atoms with Crippen molar-refractivity contribution in [2.45, 2.75) is 12.8 Å². The van der Waals surface area contributed by atoms with Crippen molar-refractivity contribution in [3.8, 4) is 5.75 Å². The third kappa shape index (κ3) is 3.29. The van der Waals surface area contributed by atoms with Gasteiger partial charge in [0.1, 0.15) is 5.75 Å². The lowest BCUT2D eigenvalue weighted by atomic mass is 10.1. The smallest absolute Gasteiger partial charge is 0.406 e. The van der Waals surface area contributed by atoms with Crippen molar-refractivity contribution < 1.29 is 17.9 Å². The van der Waals surface area contributed by atoms with Gasteiger partial charge in [0.25, 0.3) is 0 Å². The number of rotatable bonds is 3. The number of anilines is 1. The predicted molar refractivity (Wildman–Crippen MR) is 62.5 cm³/mol. The molecule has 0 aliphatic carbocycles. The summed E-state index contributed by atoms with van der Waals surface area (Å²) < 4.78 is 39.8. The van der Waals surface area contributed by atoms with E-state index in [2.05, 4.69) is 9.64 Å². The first-order chi connectivity index (χ1) is 8.48. The zero-order valence-electron chi connectivity index (χ0n) is 9.78. The molecule has 0 amide bonds. The summed E-state index contributed by atoms with van der Waals surface area (Å²) in [6, 6.07) is 5.94. The Kier molecular flexibility index (Phi) is 3.65. The Bertz CT molecular complexity index is 391. The van der Waals surface area contributed by atoms with Crippen LogP contribution < -0.4 is 15.4 Å². The zero-order chi connectivity index (χ0) is 13.2. The number of nitrogens with zero attached hydrogens (tertiary/aromatic N) is 1. The molecule has 0 radical (unpaired) electrons. The van der Waals surface area contributed by atoms with Gasteiger partial charge < -0.3 is 15.4 Å². The molecule has 1 aromatic carbocycles. The summed E-state index contributed by atoms with van der Waals surface area (Å²) >= 11 is 0. The molecule has 1 heterocycles. The maximum atomic E-state index is 12.0. The molecule has 0 bridgehead atoms. The van der Waals surface area contributed by atoms with Crippen LogP contribution >= 0.6 is 0 Å². The molecule has 1 aliphatic rings. The van der Waals surface area contributed by atoms with Gasteiger partial charge in [-0.3, -0.25) is 0 Å². The van der Waals surface area contributed by atoms with Crippen LogP contribution in [0.5, 0.6) is 5.75 Å². The molecule has 100 valence electrons. The highest BCUT2D eigenvalue weighted by molar-refractivity contribution is 5.49. The molecule has 3 nitrogen and oxygen atoms in total. The average molecular weight is 260 g/mol. The minimum absolute atomic E-state index is 0.194. The molecule has 0 saturated carbocycles. The molecule has 1 fully saturated rings. The molecule has 2 rings (SSSR count). The summed E-state index contributed by atoms with van der Waals surface area (Å²) in [7, 11) is 0. The Labute approximate surface area is 103 Å². The van der Waals surface area contributed by atoms with Crippen LogP contribution in [0.3, 0.4) is 0 Å². The van der Waals surface area contributed by atoms with E-state index in [9.17, 15) is 13.2 Å². The second kappa shape index (κ2) is 5.06. The molecule has 1 atom stereocenters. The molecule has 1 unspecified atom stereocenters. The highest BCUT2D eigenvalue weighted by atomic mass is 19.4. The first kappa shape index (κ1) is 13.0. The Balaban J connectivity index is 2.00. The van der Waals surface area contributed by atoms with Crippen molar-refractivity contribution in [3.63, 3.8) is 0 Å². The summed E-state index contributed by atoms with van der Waals surface area (Å²) in [6.45, 7) is 2.39. The largest absolute Gasteiger partial charge is 0.573 e. The van der Waals surface area contributed by atoms with Gasteiger partial charge in [-0.25, -0.2) is 0 Å². The first-order valence-corrected chi connectivity index (χ1v) is 5.79. The molecular weight excluding hydrogens is 245 g/mol. The lowest BCUT2D eigenvalue weighted by Gasteiger charge is -2.19. The number of hydrogen-bond donors (Lipinski definition) is 1. The molecule has 0 spiro atoms. The van der Waals surface area contributed by atoms with Gasteiger partial charge >= 0.3 is 6.36 Å². The van der Waals surface area contributed by atoms with Crippen molar-refractivity contribution >= 4 is 5.69 Å². The molecular formula is C12H15F3N2O. The predicted octanol–water partition coefficient (Wildman–Crippen LogP) is 2.37. The van der Waals surface area contributed by atoms with Crippen LogP contribution in [0.25, 0.3) is 0 Å². The van der Waals surface area contributed by atoms with Crippen LogP contribution in [-0.4, -0.2) is 26.0 Å². The van der Waals surface area contributed by atoms with Crippen molar-refractivity contribution in [2.75, 3.05) is 24.5 Å². The summed E-state index contributed by atoms with van der Waals surface area (Å²) in [5.74, 6) is 0.275. The number of alkyl halides is 3. The van der Waals surface area contributed by atoms with Gasteiger partial charge in [-0.2, -0.15) is 0 Å². The van der Waals surface area contributed by atoms with E-state index in [1.807, 2.05) is 0 Å². The van der Waals surface area contributed by atoms with Crippen LogP contribution in [0.15, 0.2) is 24.3 Å². The third-order valence-electron chi connectivity index (χ3n) is 3.05. The lowest BCUT2D eigenvalue weighted by Crippen LogP contribution is -2.22. The molecule has 2 N–H and O–H groups in total. The van der Waals surface area contributed by atoms with E-state index in [-0.39, 0.29) is 5.75 Å². The fraction of sp³-hybridized carbons (Fsp3) is 0.500. The second-order valence-corrected chi connectivity index (χ2v) is 4.38. The van der Waals surface area contributed by atoms with Crippen molar-refractivity contribution in [1.82, 2.24) is 0 Å². The van der Waals surface area contributed by atoms with Crippen LogP contribution in [0.4, 0.5) is 18.9 Å². The quantitative estimate of drug-likeness (QED) is 0.906. The SMILES string of the molecule is NCC1CCN(c2ccc(OC(F)(F)F)cc2)C1. The van der Waals surface area contributed by atoms with E-state index in [4.69, 9.17) is 5.73 Å². The Morgan fingerprint density at radius 3 is 2.44 bits per heavy atom. The van der Waals surface area contributed by atoms with Crippen LogP contribution in [0.1, 0.15) is 6.42 Å². The van der Waals surface area contributed by atoms with E-state index in [1.54, 1.807) is 12.1 Å². The van der Waals surface area contributed by atoms with Gasteiger partial charge in [0.05, 0.1) is 0 Å². The standard InChI is InChI=1S/C12H15F3N2O/c13-12(14,15)18-11-3-1-10(2-4-11)17-6-5-9(7-16)8-17/h1-4,9H,5-8,16H2. The Morgan fingerprint density at radius 1 is 1.28 bits per heavy atom. The van der Waals surface area contributed by atoms with Crippen LogP contribution in [0.2, 0.25) is 0 Å². The summed E-state index contributed by atoms with van der Waals surface area (Å²) in [4.78, 5) is 2.12. The van der Waals surface area contributed by atoms with Gasteiger partial charge in [0.2, 0.25) is 0 Å². The molecule has 18 heavy (non-hydrogen) atoms. The number of hydrogen-bond acceptors (Lipinski definition) is 3. The van der Waals surface area contributed by atoms with Gasteiger partial charge in [-0.1, -0.05) is 0 Å². The topological polar surface area (TPSA) is 38.5 Å². The van der Waals surface area contributed by atoms with Gasteiger partial charge in [-0.15, -0.1) is 13.2 Å². The van der Waals surface area contributed by atoms with Crippen molar-refractivity contribution in [3.05, 3.63) is 24.3 Å². The number of nitrogens with two attached hydrogens (primary N) is 1. The second-order valence-electron chi connectivity index (χ2n) is 4.38. The Hall–Kier alpha value is -1.43. The van der Waals surface area contributed by atoms with E-state index >= 15 is 0 Å². The molecule has 1 aromatic rings. The lowest BCUT2D eigenvalue weighted by molar-refractivity contribution is -0.274. The molecule has 1 aliphatic heterocycles. The Morgan fingerprint density at radius 2 is 1.94 bits per heavy atom. The summed E-state index contributed by atoms with van der Waals surface area (Å²) in [5, 5.41) is 0. The van der Waals surface area contributed by atoms with Gasteiger partial charge in [0.15, 0.2) is 0 Å². The molecule has 1 saturated heterocycles. The zero-order valence-corrected chi connectivity index (χ0v) is 9.78. The van der Waals surface area contributed by atoms with Crippen molar-refractivity contribution in [2.24, 2.45) is 11.7 Å². The monoisotopic (exact) mass is 260 g/mol. The van der Waals surface area contributed by atoms with Crippen LogP contribution in [0, 0.1) is 5.92 Å². The fourth-order valence-corrected chi connectivity index (χ4v) is 2.12. The average Bonchev–Trinajstić information content (AvgIpc) is 2.76. The van der Waals surface area contributed by atoms with Gasteiger partial charge in [0, 0.05) is 18.8 Å². The van der Waals surface area contributed by atoms with E-state index in [0.29, 0.717) is 12.5 Å². The number of halogens is 3. The number of benzene rings is 1. The summed E-state index contributed by atoms with van der Waals surface area (Å²) in [5.41, 5.74) is 6.50. The van der Waals surface area contributed by atoms with Crippen molar-refractivity contribution in [1.29, 1.82) is 0 Å². The maximum absolute atomic E-state index is 12.0. The maximum Gasteiger partial charge on any atom is 0.573 e.